The van der Waals surface area contributed by atoms with Crippen LogP contribution in [0.5, 0.6) is 0 Å². The van der Waals surface area contributed by atoms with Crippen molar-refractivity contribution in [3.8, 4) is 0 Å². The van der Waals surface area contributed by atoms with Crippen LogP contribution in [0.4, 0.5) is 5.69 Å². The molecule has 7 heteroatoms. The van der Waals surface area contributed by atoms with Crippen molar-refractivity contribution in [3.05, 3.63) is 101 Å². The first-order valence-corrected chi connectivity index (χ1v) is 11.1. The quantitative estimate of drug-likeness (QED) is 0.474. The Labute approximate surface area is 195 Å². The van der Waals surface area contributed by atoms with Crippen molar-refractivity contribution in [1.82, 2.24) is 14.9 Å². The summed E-state index contributed by atoms with van der Waals surface area (Å²) in [6.45, 7) is 1.06. The number of hydrogen-bond donors (Lipinski definition) is 1. The molecule has 3 amide bonds. The van der Waals surface area contributed by atoms with Crippen LogP contribution in [-0.2, 0) is 0 Å². The molecule has 0 radical (unpaired) electrons. The number of H-pyrrole nitrogens is 1. The molecule has 166 valence electrons. The first-order chi connectivity index (χ1) is 16.6. The highest BCUT2D eigenvalue weighted by molar-refractivity contribution is 6.34. The van der Waals surface area contributed by atoms with Crippen LogP contribution in [0.3, 0.4) is 0 Å². The summed E-state index contributed by atoms with van der Waals surface area (Å²) >= 11 is 0. The molecule has 2 aromatic heterocycles. The van der Waals surface area contributed by atoms with Gasteiger partial charge in [-0.15, -0.1) is 0 Å². The Morgan fingerprint density at radius 1 is 0.912 bits per heavy atom. The second-order valence-electron chi connectivity index (χ2n) is 8.37. The van der Waals surface area contributed by atoms with E-state index in [1.54, 1.807) is 59.6 Å². The third-order valence-electron chi connectivity index (χ3n) is 6.44. The summed E-state index contributed by atoms with van der Waals surface area (Å²) in [5.74, 6) is -0.873. The third-order valence-corrected chi connectivity index (χ3v) is 6.44. The van der Waals surface area contributed by atoms with Crippen LogP contribution >= 0.6 is 0 Å². The van der Waals surface area contributed by atoms with Crippen LogP contribution in [0, 0.1) is 0 Å². The van der Waals surface area contributed by atoms with E-state index in [2.05, 4.69) is 16.0 Å². The molecule has 6 rings (SSSR count). The molecule has 0 spiro atoms. The number of carbonyl (C=O) groups is 3. The molecule has 2 aromatic carbocycles. The van der Waals surface area contributed by atoms with Crippen LogP contribution in [0.15, 0.2) is 79.1 Å². The molecular formula is C27H20N4O3. The highest BCUT2D eigenvalue weighted by atomic mass is 16.2. The van der Waals surface area contributed by atoms with E-state index in [-0.39, 0.29) is 17.7 Å². The molecular weight excluding hydrogens is 428 g/mol. The van der Waals surface area contributed by atoms with Gasteiger partial charge < -0.3 is 9.88 Å². The Bertz CT molecular complexity index is 1480. The number of imide groups is 1. The summed E-state index contributed by atoms with van der Waals surface area (Å²) in [5, 5.41) is 1.07. The van der Waals surface area contributed by atoms with Gasteiger partial charge in [-0.1, -0.05) is 24.3 Å². The molecule has 2 aliphatic rings. The summed E-state index contributed by atoms with van der Waals surface area (Å²) < 4.78 is 0. The number of pyridine rings is 1. The first kappa shape index (κ1) is 20.1. The molecule has 1 N–H and O–H groups in total. The fourth-order valence-electron chi connectivity index (χ4n) is 4.70. The summed E-state index contributed by atoms with van der Waals surface area (Å²) in [5.41, 5.74) is 4.75. The zero-order chi connectivity index (χ0) is 23.2. The summed E-state index contributed by atoms with van der Waals surface area (Å²) in [4.78, 5) is 49.4. The number of carbonyl (C=O) groups excluding carboxylic acids is 3. The molecule has 4 heterocycles. The van der Waals surface area contributed by atoms with Crippen LogP contribution in [0.1, 0.15) is 43.1 Å². The van der Waals surface area contributed by atoms with Crippen LogP contribution in [0.2, 0.25) is 0 Å². The Morgan fingerprint density at radius 2 is 1.71 bits per heavy atom. The molecule has 0 bridgehead atoms. The number of aromatic nitrogens is 2. The third kappa shape index (κ3) is 3.13. The van der Waals surface area contributed by atoms with Crippen molar-refractivity contribution in [3.63, 3.8) is 0 Å². The second-order valence-corrected chi connectivity index (χ2v) is 8.37. The van der Waals surface area contributed by atoms with E-state index in [9.17, 15) is 14.4 Å². The summed E-state index contributed by atoms with van der Waals surface area (Å²) in [6, 6.07) is 17.4. The monoisotopic (exact) mass is 448 g/mol. The van der Waals surface area contributed by atoms with Crippen molar-refractivity contribution in [2.24, 2.45) is 0 Å². The maximum atomic E-state index is 13.2. The van der Waals surface area contributed by atoms with Gasteiger partial charge in [-0.2, -0.15) is 0 Å². The minimum Gasteiger partial charge on any atom is -0.346 e. The predicted molar refractivity (Wildman–Crippen MR) is 129 cm³/mol. The van der Waals surface area contributed by atoms with E-state index >= 15 is 0 Å². The lowest BCUT2D eigenvalue weighted by molar-refractivity contribution is 0.0771. The number of amides is 3. The standard InChI is InChI=1S/C27H20N4O3/c32-25(30-13-10-17(11-14-30)23-16-29-24-20(23)9-4-12-28-24)18-5-3-6-19(15-18)31-26(33)21-7-1-2-8-22(21)27(31)34/h1-10,12,15-16H,11,13-14H2,(H,28,29). The average Bonchev–Trinajstić information content (AvgIpc) is 3.43. The molecule has 7 nitrogen and oxygen atoms in total. The van der Waals surface area contributed by atoms with Gasteiger partial charge >= 0.3 is 0 Å². The predicted octanol–water partition coefficient (Wildman–Crippen LogP) is 4.29. The maximum absolute atomic E-state index is 13.2. The van der Waals surface area contributed by atoms with E-state index < -0.39 is 0 Å². The molecule has 34 heavy (non-hydrogen) atoms. The van der Waals surface area contributed by atoms with E-state index in [0.717, 1.165) is 27.9 Å². The molecule has 0 atom stereocenters. The lowest BCUT2D eigenvalue weighted by atomic mass is 9.99. The Balaban J connectivity index is 1.23. The number of nitrogens with one attached hydrogen (secondary N) is 1. The van der Waals surface area contributed by atoms with E-state index in [1.165, 1.54) is 5.57 Å². The van der Waals surface area contributed by atoms with Gasteiger partial charge in [0.15, 0.2) is 0 Å². The number of hydrogen-bond acceptors (Lipinski definition) is 4. The molecule has 0 saturated heterocycles. The fraction of sp³-hybridized carbons (Fsp3) is 0.111. The van der Waals surface area contributed by atoms with Gasteiger partial charge in [0.05, 0.1) is 16.8 Å². The highest BCUT2D eigenvalue weighted by Gasteiger charge is 2.36. The van der Waals surface area contributed by atoms with Crippen molar-refractivity contribution in [2.45, 2.75) is 6.42 Å². The van der Waals surface area contributed by atoms with Crippen LogP contribution in [0.25, 0.3) is 16.6 Å². The highest BCUT2D eigenvalue weighted by Crippen LogP contribution is 2.31. The normalized spacial score (nSPS) is 15.6. The smallest absolute Gasteiger partial charge is 0.266 e. The van der Waals surface area contributed by atoms with E-state index in [0.29, 0.717) is 35.5 Å². The Hall–Kier alpha value is -4.52. The fourth-order valence-corrected chi connectivity index (χ4v) is 4.70. The molecule has 0 fully saturated rings. The van der Waals surface area contributed by atoms with Gasteiger partial charge in [0.25, 0.3) is 17.7 Å². The number of rotatable bonds is 3. The van der Waals surface area contributed by atoms with Crippen molar-refractivity contribution in [2.75, 3.05) is 18.0 Å². The van der Waals surface area contributed by atoms with Gasteiger partial charge in [-0.3, -0.25) is 14.4 Å². The molecule has 2 aliphatic heterocycles. The maximum Gasteiger partial charge on any atom is 0.266 e. The van der Waals surface area contributed by atoms with Crippen molar-refractivity contribution >= 4 is 40.0 Å². The van der Waals surface area contributed by atoms with Crippen LogP contribution < -0.4 is 4.90 Å². The number of anilines is 1. The largest absolute Gasteiger partial charge is 0.346 e. The minimum absolute atomic E-state index is 0.130. The molecule has 4 aromatic rings. The summed E-state index contributed by atoms with van der Waals surface area (Å²) in [7, 11) is 0. The van der Waals surface area contributed by atoms with Gasteiger partial charge in [0.2, 0.25) is 0 Å². The molecule has 0 saturated carbocycles. The topological polar surface area (TPSA) is 86.4 Å². The first-order valence-electron chi connectivity index (χ1n) is 11.1. The van der Waals surface area contributed by atoms with Gasteiger partial charge in [-0.25, -0.2) is 9.88 Å². The van der Waals surface area contributed by atoms with Crippen LogP contribution in [-0.4, -0.2) is 45.7 Å². The van der Waals surface area contributed by atoms with Gasteiger partial charge in [-0.05, 0) is 54.5 Å². The average molecular weight is 448 g/mol. The van der Waals surface area contributed by atoms with Crippen molar-refractivity contribution < 1.29 is 14.4 Å². The zero-order valence-electron chi connectivity index (χ0n) is 18.2. The zero-order valence-corrected chi connectivity index (χ0v) is 18.2. The van der Waals surface area contributed by atoms with Crippen molar-refractivity contribution in [1.29, 1.82) is 0 Å². The lowest BCUT2D eigenvalue weighted by Gasteiger charge is -2.27. The number of fused-ring (bicyclic) bond motifs is 2. The number of aromatic amines is 1. The lowest BCUT2D eigenvalue weighted by Crippen LogP contribution is -2.35. The molecule has 0 unspecified atom stereocenters. The van der Waals surface area contributed by atoms with E-state index in [4.69, 9.17) is 0 Å². The van der Waals surface area contributed by atoms with Gasteiger partial charge in [0.1, 0.15) is 5.65 Å². The second kappa shape index (κ2) is 7.81. The Kier molecular flexibility index (Phi) is 4.62. The minimum atomic E-state index is -0.371. The Morgan fingerprint density at radius 3 is 2.44 bits per heavy atom. The number of nitrogens with zero attached hydrogens (tertiary/aromatic N) is 3. The number of benzene rings is 2. The van der Waals surface area contributed by atoms with Gasteiger partial charge in [0, 0.05) is 42.0 Å². The van der Waals surface area contributed by atoms with E-state index in [1.807, 2.05) is 18.3 Å². The molecule has 0 aliphatic carbocycles. The SMILES string of the molecule is O=C(c1cccc(N2C(=O)c3ccccc3C2=O)c1)N1CC=C(c2c[nH]c3ncccc23)CC1. The summed E-state index contributed by atoms with van der Waals surface area (Å²) in [6.07, 6.45) is 6.53.